The topological polar surface area (TPSA) is 75.4 Å². The molecule has 174 valence electrons. The van der Waals surface area contributed by atoms with E-state index in [0.717, 1.165) is 41.9 Å². The highest BCUT2D eigenvalue weighted by Gasteiger charge is 2.29. The predicted octanol–water partition coefficient (Wildman–Crippen LogP) is 4.97. The number of rotatable bonds is 11. The van der Waals surface area contributed by atoms with Gasteiger partial charge in [0.2, 0.25) is 5.91 Å². The zero-order valence-corrected chi connectivity index (χ0v) is 19.8. The normalized spacial score (nSPS) is 11.8. The second kappa shape index (κ2) is 11.7. The van der Waals surface area contributed by atoms with Gasteiger partial charge in [0, 0.05) is 24.8 Å². The van der Waals surface area contributed by atoms with Gasteiger partial charge >= 0.3 is 5.97 Å². The molecule has 0 unspecified atom stereocenters. The van der Waals surface area contributed by atoms with Crippen molar-refractivity contribution in [3.8, 4) is 0 Å². The molecule has 1 atom stereocenters. The smallest absolute Gasteiger partial charge is 0.326 e. The number of aromatic nitrogens is 2. The van der Waals surface area contributed by atoms with Gasteiger partial charge in [0.05, 0.1) is 25.0 Å². The van der Waals surface area contributed by atoms with Crippen LogP contribution in [0, 0.1) is 0 Å². The minimum Gasteiger partial charge on any atom is -0.480 e. The van der Waals surface area contributed by atoms with E-state index in [-0.39, 0.29) is 18.9 Å². The number of halogens is 1. The fraction of sp³-hybridized carbons (Fsp3) is 0.346. The number of hydrogen-bond acceptors (Lipinski definition) is 3. The van der Waals surface area contributed by atoms with Crippen molar-refractivity contribution < 1.29 is 14.7 Å². The van der Waals surface area contributed by atoms with Gasteiger partial charge in [-0.05, 0) is 23.6 Å². The number of carboxylic acid groups (broad SMARTS) is 1. The number of aryl methyl sites for hydroxylation is 1. The number of carboxylic acids is 1. The Hall–Kier alpha value is -3.12. The van der Waals surface area contributed by atoms with Gasteiger partial charge in [-0.3, -0.25) is 4.79 Å². The molecule has 0 bridgehead atoms. The Balaban J connectivity index is 1.93. The zero-order valence-electron chi connectivity index (χ0n) is 19.1. The summed E-state index contributed by atoms with van der Waals surface area (Å²) in [4.78, 5) is 30.8. The summed E-state index contributed by atoms with van der Waals surface area (Å²) in [5.41, 5.74) is 2.60. The van der Waals surface area contributed by atoms with E-state index in [0.29, 0.717) is 11.6 Å². The summed E-state index contributed by atoms with van der Waals surface area (Å²) in [6.07, 6.45) is 4.80. The lowest BCUT2D eigenvalue weighted by atomic mass is 10.0. The van der Waals surface area contributed by atoms with Crippen molar-refractivity contribution >= 4 is 23.5 Å². The molecule has 3 rings (SSSR count). The molecule has 0 aliphatic heterocycles. The SMILES string of the molecule is CCCCc1ncc(CN(C(C)=O)[C@@H](Cc2ccccc2)C(=O)O)n1Cc1ccccc1Cl. The minimum atomic E-state index is -1.03. The fourth-order valence-corrected chi connectivity index (χ4v) is 4.08. The maximum absolute atomic E-state index is 12.6. The van der Waals surface area contributed by atoms with Gasteiger partial charge in [0.1, 0.15) is 11.9 Å². The van der Waals surface area contributed by atoms with Gasteiger partial charge < -0.3 is 14.6 Å². The Morgan fingerprint density at radius 3 is 2.45 bits per heavy atom. The highest BCUT2D eigenvalue weighted by Crippen LogP contribution is 2.21. The lowest BCUT2D eigenvalue weighted by Gasteiger charge is -2.28. The third-order valence-corrected chi connectivity index (χ3v) is 6.10. The molecule has 1 amide bonds. The Labute approximate surface area is 199 Å². The van der Waals surface area contributed by atoms with Crippen molar-refractivity contribution in [3.05, 3.63) is 88.5 Å². The third-order valence-electron chi connectivity index (χ3n) is 5.73. The summed E-state index contributed by atoms with van der Waals surface area (Å²) >= 11 is 6.41. The third kappa shape index (κ3) is 6.45. The maximum atomic E-state index is 12.6. The lowest BCUT2D eigenvalue weighted by molar-refractivity contribution is -0.150. The highest BCUT2D eigenvalue weighted by atomic mass is 35.5. The Morgan fingerprint density at radius 1 is 1.12 bits per heavy atom. The van der Waals surface area contributed by atoms with Crippen LogP contribution in [0.2, 0.25) is 5.02 Å². The first-order valence-corrected chi connectivity index (χ1v) is 11.6. The molecule has 3 aromatic rings. The standard InChI is InChI=1S/C26H30ClN3O3/c1-3-4-14-25-28-16-22(30(25)17-21-12-8-9-13-23(21)27)18-29(19(2)31)24(26(32)33)15-20-10-6-5-7-11-20/h5-13,16,24H,3-4,14-15,17-18H2,1-2H3,(H,32,33)/t24-/m0/s1. The van der Waals surface area contributed by atoms with Gasteiger partial charge in [0.25, 0.3) is 0 Å². The van der Waals surface area contributed by atoms with Crippen LogP contribution in [0.3, 0.4) is 0 Å². The number of imidazole rings is 1. The largest absolute Gasteiger partial charge is 0.480 e. The van der Waals surface area contributed by atoms with E-state index < -0.39 is 12.0 Å². The number of nitrogens with zero attached hydrogens (tertiary/aromatic N) is 3. The van der Waals surface area contributed by atoms with Crippen LogP contribution in [0.25, 0.3) is 0 Å². The van der Waals surface area contributed by atoms with Crippen molar-refractivity contribution in [3.63, 3.8) is 0 Å². The number of benzene rings is 2. The summed E-state index contributed by atoms with van der Waals surface area (Å²) in [5, 5.41) is 10.6. The highest BCUT2D eigenvalue weighted by molar-refractivity contribution is 6.31. The number of carbonyl (C=O) groups excluding carboxylic acids is 1. The van der Waals surface area contributed by atoms with E-state index >= 15 is 0 Å². The monoisotopic (exact) mass is 467 g/mol. The van der Waals surface area contributed by atoms with Crippen LogP contribution in [-0.4, -0.2) is 37.5 Å². The molecular formula is C26H30ClN3O3. The molecule has 2 aromatic carbocycles. The molecule has 1 heterocycles. The summed E-state index contributed by atoms with van der Waals surface area (Å²) in [6.45, 7) is 4.20. The number of carbonyl (C=O) groups is 2. The van der Waals surface area contributed by atoms with E-state index in [9.17, 15) is 14.7 Å². The van der Waals surface area contributed by atoms with Crippen LogP contribution in [0.1, 0.15) is 49.3 Å². The van der Waals surface area contributed by atoms with E-state index in [2.05, 4.69) is 16.5 Å². The van der Waals surface area contributed by atoms with Gasteiger partial charge in [-0.25, -0.2) is 9.78 Å². The average molecular weight is 468 g/mol. The first-order valence-electron chi connectivity index (χ1n) is 11.2. The molecule has 1 aromatic heterocycles. The van der Waals surface area contributed by atoms with Gasteiger partial charge in [-0.1, -0.05) is 73.5 Å². The summed E-state index contributed by atoms with van der Waals surface area (Å²) in [5.74, 6) is -0.415. The van der Waals surface area contributed by atoms with E-state index in [1.165, 1.54) is 11.8 Å². The maximum Gasteiger partial charge on any atom is 0.326 e. The van der Waals surface area contributed by atoms with Crippen molar-refractivity contribution in [1.82, 2.24) is 14.5 Å². The number of hydrogen-bond donors (Lipinski definition) is 1. The molecule has 1 N–H and O–H groups in total. The van der Waals surface area contributed by atoms with Crippen LogP contribution in [-0.2, 0) is 35.5 Å². The van der Waals surface area contributed by atoms with Crippen molar-refractivity contribution in [1.29, 1.82) is 0 Å². The molecule has 0 spiro atoms. The van der Waals surface area contributed by atoms with Crippen LogP contribution >= 0.6 is 11.6 Å². The molecule has 0 saturated heterocycles. The van der Waals surface area contributed by atoms with Crippen LogP contribution < -0.4 is 0 Å². The molecule has 7 heteroatoms. The summed E-state index contributed by atoms with van der Waals surface area (Å²) < 4.78 is 2.06. The first kappa shape index (κ1) is 24.5. The number of amides is 1. The Kier molecular flexibility index (Phi) is 8.66. The fourth-order valence-electron chi connectivity index (χ4n) is 3.89. The van der Waals surface area contributed by atoms with Crippen LogP contribution in [0.5, 0.6) is 0 Å². The zero-order chi connectivity index (χ0) is 23.8. The average Bonchev–Trinajstić information content (AvgIpc) is 3.17. The summed E-state index contributed by atoms with van der Waals surface area (Å²) in [7, 11) is 0. The second-order valence-corrected chi connectivity index (χ2v) is 8.54. The second-order valence-electron chi connectivity index (χ2n) is 8.14. The van der Waals surface area contributed by atoms with Crippen molar-refractivity contribution in [2.75, 3.05) is 0 Å². The molecule has 0 saturated carbocycles. The molecule has 6 nitrogen and oxygen atoms in total. The van der Waals surface area contributed by atoms with Crippen molar-refractivity contribution in [2.45, 2.75) is 58.7 Å². The van der Waals surface area contributed by atoms with E-state index in [4.69, 9.17) is 11.6 Å². The van der Waals surface area contributed by atoms with Gasteiger partial charge in [0.15, 0.2) is 0 Å². The van der Waals surface area contributed by atoms with E-state index in [1.807, 2.05) is 54.6 Å². The van der Waals surface area contributed by atoms with Crippen LogP contribution in [0.15, 0.2) is 60.8 Å². The first-order chi connectivity index (χ1) is 15.9. The van der Waals surface area contributed by atoms with Gasteiger partial charge in [-0.15, -0.1) is 0 Å². The molecule has 0 radical (unpaired) electrons. The van der Waals surface area contributed by atoms with Crippen molar-refractivity contribution in [2.24, 2.45) is 0 Å². The summed E-state index contributed by atoms with van der Waals surface area (Å²) in [6, 6.07) is 16.0. The molecule has 0 aliphatic rings. The predicted molar refractivity (Wildman–Crippen MR) is 129 cm³/mol. The molecular weight excluding hydrogens is 438 g/mol. The van der Waals surface area contributed by atoms with Crippen LogP contribution in [0.4, 0.5) is 0 Å². The molecule has 0 fully saturated rings. The molecule has 0 aliphatic carbocycles. The minimum absolute atomic E-state index is 0.155. The van der Waals surface area contributed by atoms with E-state index in [1.54, 1.807) is 6.20 Å². The Bertz CT molecular complexity index is 1080. The number of aliphatic carboxylic acids is 1. The quantitative estimate of drug-likeness (QED) is 0.432. The number of unbranched alkanes of at least 4 members (excludes halogenated alkanes) is 1. The lowest BCUT2D eigenvalue weighted by Crippen LogP contribution is -2.45. The molecule has 33 heavy (non-hydrogen) atoms. The van der Waals surface area contributed by atoms with Gasteiger partial charge in [-0.2, -0.15) is 0 Å². The Morgan fingerprint density at radius 2 is 1.82 bits per heavy atom.